The molecule has 3 nitrogen and oxygen atoms in total. The largest absolute Gasteiger partial charge is 0.217 e. The number of halogens is 2. The van der Waals surface area contributed by atoms with Crippen molar-refractivity contribution in [2.75, 3.05) is 13.1 Å². The van der Waals surface area contributed by atoms with Crippen LogP contribution >= 0.6 is 23.2 Å². The van der Waals surface area contributed by atoms with Crippen LogP contribution < -0.4 is 0 Å². The molecule has 0 fully saturated rings. The third-order valence-corrected chi connectivity index (χ3v) is 4.29. The maximum absolute atomic E-state index is 10.8. The highest BCUT2D eigenvalue weighted by Crippen LogP contribution is 2.25. The molecule has 2 aromatic carbocycles. The van der Waals surface area contributed by atoms with Crippen molar-refractivity contribution < 1.29 is 4.21 Å². The van der Waals surface area contributed by atoms with E-state index in [1.54, 1.807) is 5.01 Å². The van der Waals surface area contributed by atoms with Gasteiger partial charge in [-0.2, -0.15) is 9.22 Å². The van der Waals surface area contributed by atoms with Gasteiger partial charge in [0.15, 0.2) is 0 Å². The first-order valence-corrected chi connectivity index (χ1v) is 8.40. The highest BCUT2D eigenvalue weighted by Gasteiger charge is 2.18. The summed E-state index contributed by atoms with van der Waals surface area (Å²) in [5, 5.41) is 1.13. The minimum absolute atomic E-state index is 0.168. The molecule has 0 aliphatic rings. The molecule has 0 aliphatic heterocycles. The summed E-state index contributed by atoms with van der Waals surface area (Å²) in [7, 11) is 0. The summed E-state index contributed by atoms with van der Waals surface area (Å²) in [5.74, 6) is 0. The number of hydrogen-bond donors (Lipinski definition) is 0. The van der Waals surface area contributed by atoms with Gasteiger partial charge in [0.25, 0.3) is 0 Å². The molecule has 0 spiro atoms. The van der Waals surface area contributed by atoms with Crippen molar-refractivity contribution >= 4 is 34.7 Å². The monoisotopic (exact) mass is 354 g/mol. The van der Waals surface area contributed by atoms with E-state index >= 15 is 0 Å². The van der Waals surface area contributed by atoms with Gasteiger partial charge < -0.3 is 0 Å². The Balaban J connectivity index is 2.02. The van der Waals surface area contributed by atoms with Crippen LogP contribution in [0.15, 0.2) is 65.1 Å². The minimum atomic E-state index is -0.253. The van der Waals surface area contributed by atoms with Crippen LogP contribution in [0.2, 0.25) is 0 Å². The summed E-state index contributed by atoms with van der Waals surface area (Å²) in [4.78, 5) is 0. The Morgan fingerprint density at radius 2 is 1.27 bits per heavy atom. The zero-order valence-electron chi connectivity index (χ0n) is 11.8. The van der Waals surface area contributed by atoms with Crippen molar-refractivity contribution in [3.63, 3.8) is 0 Å². The molecule has 22 heavy (non-hydrogen) atoms. The van der Waals surface area contributed by atoms with E-state index in [1.807, 2.05) is 60.7 Å². The first kappa shape index (κ1) is 17.2. The lowest BCUT2D eigenvalue weighted by atomic mass is 10.1. The Kier molecular flexibility index (Phi) is 7.06. The summed E-state index contributed by atoms with van der Waals surface area (Å²) in [6.45, 7) is 0.855. The Hall–Kier alpha value is -1.20. The molecule has 0 N–H and O–H groups in total. The minimum Gasteiger partial charge on any atom is -0.190 e. The summed E-state index contributed by atoms with van der Waals surface area (Å²) >= 11 is 13.0. The van der Waals surface area contributed by atoms with Crippen molar-refractivity contribution in [2.24, 2.45) is 4.47 Å². The summed E-state index contributed by atoms with van der Waals surface area (Å²) in [6, 6.07) is 19.4. The predicted molar refractivity (Wildman–Crippen MR) is 92.2 cm³/mol. The van der Waals surface area contributed by atoms with Gasteiger partial charge in [0, 0.05) is 13.1 Å². The maximum Gasteiger partial charge on any atom is 0.217 e. The van der Waals surface area contributed by atoms with Crippen molar-refractivity contribution in [1.29, 1.82) is 0 Å². The van der Waals surface area contributed by atoms with E-state index in [-0.39, 0.29) is 22.2 Å². The molecule has 0 aliphatic carbocycles. The average Bonchev–Trinajstić information content (AvgIpc) is 2.56. The van der Waals surface area contributed by atoms with E-state index in [0.29, 0.717) is 13.1 Å². The van der Waals surface area contributed by atoms with Gasteiger partial charge in [0.1, 0.15) is 0 Å². The van der Waals surface area contributed by atoms with E-state index in [2.05, 4.69) is 4.47 Å². The Bertz CT molecular complexity index is 573. The third-order valence-electron chi connectivity index (χ3n) is 3.21. The molecule has 0 saturated carbocycles. The smallest absolute Gasteiger partial charge is 0.190 e. The number of benzene rings is 2. The molecular formula is C16H16Cl2N2OS. The van der Waals surface area contributed by atoms with Crippen LogP contribution in [0.1, 0.15) is 21.9 Å². The molecule has 0 aromatic heterocycles. The lowest BCUT2D eigenvalue weighted by molar-refractivity contribution is 0.293. The fourth-order valence-electron chi connectivity index (χ4n) is 2.09. The van der Waals surface area contributed by atoms with Crippen LogP contribution in [0.5, 0.6) is 0 Å². The van der Waals surface area contributed by atoms with E-state index in [4.69, 9.17) is 23.2 Å². The topological polar surface area (TPSA) is 32.7 Å². The fraction of sp³-hybridized carbons (Fsp3) is 0.250. The lowest BCUT2D eigenvalue weighted by Crippen LogP contribution is -2.25. The van der Waals surface area contributed by atoms with Gasteiger partial charge in [-0.3, -0.25) is 0 Å². The molecule has 0 unspecified atom stereocenters. The van der Waals surface area contributed by atoms with Gasteiger partial charge >= 0.3 is 0 Å². The second kappa shape index (κ2) is 9.06. The average molecular weight is 355 g/mol. The Morgan fingerprint density at radius 3 is 1.64 bits per heavy atom. The molecule has 2 aromatic rings. The third kappa shape index (κ3) is 5.21. The fourth-order valence-corrected chi connectivity index (χ4v) is 2.93. The molecule has 0 heterocycles. The molecule has 0 bridgehead atoms. The van der Waals surface area contributed by atoms with E-state index in [1.165, 1.54) is 0 Å². The molecular weight excluding hydrogens is 339 g/mol. The zero-order valence-corrected chi connectivity index (χ0v) is 14.1. The molecule has 0 amide bonds. The molecule has 2 atom stereocenters. The summed E-state index contributed by atoms with van der Waals surface area (Å²) in [5.41, 5.74) is 1.98. The SMILES string of the molecule is O=S=NN(C[C@H](Cl)c1ccccc1)C[C@H](Cl)c1ccccc1. The Labute approximate surface area is 144 Å². The maximum atomic E-state index is 10.8. The van der Waals surface area contributed by atoms with E-state index in [0.717, 1.165) is 11.1 Å². The molecule has 0 saturated heterocycles. The highest BCUT2D eigenvalue weighted by atomic mass is 35.5. The quantitative estimate of drug-likeness (QED) is 0.539. The van der Waals surface area contributed by atoms with Crippen LogP contribution in [0, 0.1) is 0 Å². The summed E-state index contributed by atoms with van der Waals surface area (Å²) < 4.78 is 14.7. The number of alkyl halides is 2. The molecule has 6 heteroatoms. The van der Waals surface area contributed by atoms with Gasteiger partial charge in [0.05, 0.1) is 10.8 Å². The standard InChI is InChI=1S/C16H16Cl2N2OS/c17-15(13-7-3-1-4-8-13)11-20(19-22-21)12-16(18)14-9-5-2-6-10-14/h1-10,15-16H,11-12H2/t15-,16-/m0/s1. The molecule has 0 radical (unpaired) electrons. The van der Waals surface area contributed by atoms with Gasteiger partial charge in [-0.15, -0.1) is 27.7 Å². The zero-order chi connectivity index (χ0) is 15.8. The second-order valence-corrected chi connectivity index (χ2v) is 6.15. The number of rotatable bonds is 7. The van der Waals surface area contributed by atoms with E-state index in [9.17, 15) is 4.21 Å². The number of hydrogen-bond acceptors (Lipinski definition) is 2. The highest BCUT2D eigenvalue weighted by molar-refractivity contribution is 7.54. The van der Waals surface area contributed by atoms with E-state index < -0.39 is 0 Å². The first-order valence-electron chi connectivity index (χ1n) is 6.83. The second-order valence-electron chi connectivity index (χ2n) is 4.78. The van der Waals surface area contributed by atoms with Gasteiger partial charge in [-0.1, -0.05) is 60.7 Å². The summed E-state index contributed by atoms with van der Waals surface area (Å²) in [6.07, 6.45) is 0. The number of nitrogens with zero attached hydrogens (tertiary/aromatic N) is 2. The molecule has 2 rings (SSSR count). The normalized spacial score (nSPS) is 13.6. The van der Waals surface area contributed by atoms with Gasteiger partial charge in [-0.05, 0) is 11.1 Å². The Morgan fingerprint density at radius 1 is 0.864 bits per heavy atom. The molecule has 116 valence electrons. The van der Waals surface area contributed by atoms with Crippen molar-refractivity contribution in [1.82, 2.24) is 5.01 Å². The van der Waals surface area contributed by atoms with Crippen molar-refractivity contribution in [3.05, 3.63) is 71.8 Å². The predicted octanol–water partition coefficient (Wildman–Crippen LogP) is 4.56. The van der Waals surface area contributed by atoms with Crippen molar-refractivity contribution in [3.8, 4) is 0 Å². The van der Waals surface area contributed by atoms with Gasteiger partial charge in [0.2, 0.25) is 11.5 Å². The van der Waals surface area contributed by atoms with Crippen LogP contribution in [-0.4, -0.2) is 22.3 Å². The van der Waals surface area contributed by atoms with Crippen LogP contribution in [-0.2, 0) is 11.5 Å². The van der Waals surface area contributed by atoms with Crippen LogP contribution in [0.3, 0.4) is 0 Å². The van der Waals surface area contributed by atoms with Crippen LogP contribution in [0.4, 0.5) is 0 Å². The first-order chi connectivity index (χ1) is 10.7. The van der Waals surface area contributed by atoms with Crippen molar-refractivity contribution in [2.45, 2.75) is 10.8 Å². The van der Waals surface area contributed by atoms with Crippen LogP contribution in [0.25, 0.3) is 0 Å². The van der Waals surface area contributed by atoms with Gasteiger partial charge in [-0.25, -0.2) is 0 Å². The lowest BCUT2D eigenvalue weighted by Gasteiger charge is -2.21.